The first kappa shape index (κ1) is 13.8. The minimum Gasteiger partial charge on any atom is -0.497 e. The van der Waals surface area contributed by atoms with Gasteiger partial charge in [-0.25, -0.2) is 0 Å². The summed E-state index contributed by atoms with van der Waals surface area (Å²) in [6.07, 6.45) is 0.0560. The summed E-state index contributed by atoms with van der Waals surface area (Å²) in [6, 6.07) is 5.08. The molecule has 6 heteroatoms. The van der Waals surface area contributed by atoms with Gasteiger partial charge in [-0.1, -0.05) is 6.07 Å². The molecule has 0 saturated heterocycles. The maximum Gasteiger partial charge on any atom is 0.322 e. The molecular weight excluding hydrogens is 238 g/mol. The maximum absolute atomic E-state index is 11.5. The van der Waals surface area contributed by atoms with Crippen molar-refractivity contribution in [3.05, 3.63) is 23.8 Å². The number of benzene rings is 1. The molecule has 0 radical (unpaired) electrons. The quantitative estimate of drug-likeness (QED) is 0.768. The summed E-state index contributed by atoms with van der Waals surface area (Å²) in [7, 11) is 3.03. The van der Waals surface area contributed by atoms with Gasteiger partial charge in [0.1, 0.15) is 18.0 Å². The number of carbonyl (C=O) groups is 2. The highest BCUT2D eigenvalue weighted by atomic mass is 16.5. The molecule has 0 heterocycles. The van der Waals surface area contributed by atoms with E-state index in [1.54, 1.807) is 18.2 Å². The standard InChI is InChI=1S/C12H15NO5/c1-17-9-4-3-8(10(6-9)18-2)5-11(14)13-7-12(15)16/h3-4,6H,5,7H2,1-2H3,(H,13,14)(H,15,16). The van der Waals surface area contributed by atoms with Gasteiger partial charge in [-0.3, -0.25) is 9.59 Å². The maximum atomic E-state index is 11.5. The van der Waals surface area contributed by atoms with Crippen molar-refractivity contribution in [2.75, 3.05) is 20.8 Å². The van der Waals surface area contributed by atoms with Gasteiger partial charge < -0.3 is 19.9 Å². The lowest BCUT2D eigenvalue weighted by Crippen LogP contribution is -2.30. The normalized spacial score (nSPS) is 9.67. The molecule has 1 amide bonds. The fourth-order valence-electron chi connectivity index (χ4n) is 1.41. The van der Waals surface area contributed by atoms with E-state index in [9.17, 15) is 9.59 Å². The molecule has 0 atom stereocenters. The molecule has 1 aromatic rings. The van der Waals surface area contributed by atoms with E-state index >= 15 is 0 Å². The highest BCUT2D eigenvalue weighted by Crippen LogP contribution is 2.24. The van der Waals surface area contributed by atoms with E-state index in [-0.39, 0.29) is 12.3 Å². The Bertz CT molecular complexity index is 444. The zero-order valence-corrected chi connectivity index (χ0v) is 10.2. The molecule has 0 fully saturated rings. The molecule has 6 nitrogen and oxygen atoms in total. The van der Waals surface area contributed by atoms with Crippen molar-refractivity contribution in [3.8, 4) is 11.5 Å². The molecule has 0 aliphatic carbocycles. The molecule has 0 spiro atoms. The summed E-state index contributed by atoms with van der Waals surface area (Å²) >= 11 is 0. The first-order valence-electron chi connectivity index (χ1n) is 5.26. The number of hydrogen-bond donors (Lipinski definition) is 2. The van der Waals surface area contributed by atoms with Crippen molar-refractivity contribution in [2.24, 2.45) is 0 Å². The summed E-state index contributed by atoms with van der Waals surface area (Å²) < 4.78 is 10.2. The van der Waals surface area contributed by atoms with Crippen LogP contribution in [-0.2, 0) is 16.0 Å². The summed E-state index contributed by atoms with van der Waals surface area (Å²) in [4.78, 5) is 21.8. The van der Waals surface area contributed by atoms with Crippen LogP contribution < -0.4 is 14.8 Å². The third-order valence-electron chi connectivity index (χ3n) is 2.28. The molecule has 0 aromatic heterocycles. The molecule has 0 aliphatic rings. The molecule has 0 saturated carbocycles. The van der Waals surface area contributed by atoms with Gasteiger partial charge in [-0.05, 0) is 6.07 Å². The van der Waals surface area contributed by atoms with E-state index in [0.29, 0.717) is 17.1 Å². The van der Waals surface area contributed by atoms with Gasteiger partial charge in [-0.15, -0.1) is 0 Å². The number of carboxylic acid groups (broad SMARTS) is 1. The van der Waals surface area contributed by atoms with Crippen molar-refractivity contribution >= 4 is 11.9 Å². The summed E-state index contributed by atoms with van der Waals surface area (Å²) in [6.45, 7) is -0.392. The largest absolute Gasteiger partial charge is 0.497 e. The second-order valence-electron chi connectivity index (χ2n) is 3.53. The third-order valence-corrected chi connectivity index (χ3v) is 2.28. The number of ether oxygens (including phenoxy) is 2. The van der Waals surface area contributed by atoms with Gasteiger partial charge in [-0.2, -0.15) is 0 Å². The summed E-state index contributed by atoms with van der Waals surface area (Å²) in [5, 5.41) is 10.7. The monoisotopic (exact) mass is 253 g/mol. The minimum atomic E-state index is -1.08. The van der Waals surface area contributed by atoms with E-state index in [0.717, 1.165) is 0 Å². The van der Waals surface area contributed by atoms with E-state index in [1.165, 1.54) is 14.2 Å². The predicted octanol–water partition coefficient (Wildman–Crippen LogP) is 0.447. The van der Waals surface area contributed by atoms with Crippen molar-refractivity contribution in [1.29, 1.82) is 0 Å². The average molecular weight is 253 g/mol. The van der Waals surface area contributed by atoms with Crippen LogP contribution in [0.25, 0.3) is 0 Å². The Labute approximate surface area is 105 Å². The van der Waals surface area contributed by atoms with E-state index < -0.39 is 12.5 Å². The number of carboxylic acids is 1. The van der Waals surface area contributed by atoms with Crippen LogP contribution in [0.5, 0.6) is 11.5 Å². The molecular formula is C12H15NO5. The first-order valence-corrected chi connectivity index (χ1v) is 5.26. The molecule has 2 N–H and O–H groups in total. The van der Waals surface area contributed by atoms with Gasteiger partial charge in [0.05, 0.1) is 20.6 Å². The van der Waals surface area contributed by atoms with Crippen molar-refractivity contribution in [2.45, 2.75) is 6.42 Å². The smallest absolute Gasteiger partial charge is 0.322 e. The van der Waals surface area contributed by atoms with E-state index in [4.69, 9.17) is 14.6 Å². The highest BCUT2D eigenvalue weighted by molar-refractivity contribution is 5.83. The fraction of sp³-hybridized carbons (Fsp3) is 0.333. The first-order chi connectivity index (χ1) is 8.56. The van der Waals surface area contributed by atoms with Crippen LogP contribution in [0.3, 0.4) is 0 Å². The van der Waals surface area contributed by atoms with Gasteiger partial charge in [0.2, 0.25) is 5.91 Å². The van der Waals surface area contributed by atoms with Crippen LogP contribution in [-0.4, -0.2) is 37.7 Å². The molecule has 0 unspecified atom stereocenters. The molecule has 0 bridgehead atoms. The van der Waals surface area contributed by atoms with Crippen LogP contribution in [0, 0.1) is 0 Å². The lowest BCUT2D eigenvalue weighted by molar-refractivity contribution is -0.137. The second-order valence-corrected chi connectivity index (χ2v) is 3.53. The number of nitrogens with one attached hydrogen (secondary N) is 1. The Balaban J connectivity index is 2.71. The van der Waals surface area contributed by atoms with Gasteiger partial charge >= 0.3 is 5.97 Å². The zero-order valence-electron chi connectivity index (χ0n) is 10.2. The Morgan fingerprint density at radius 2 is 2.00 bits per heavy atom. The number of aliphatic carboxylic acids is 1. The molecule has 0 aliphatic heterocycles. The van der Waals surface area contributed by atoms with E-state index in [1.807, 2.05) is 0 Å². The topological polar surface area (TPSA) is 84.9 Å². The summed E-state index contributed by atoms with van der Waals surface area (Å²) in [5.74, 6) is -0.299. The van der Waals surface area contributed by atoms with Crippen LogP contribution in [0.1, 0.15) is 5.56 Å². The molecule has 1 aromatic carbocycles. The van der Waals surface area contributed by atoms with Crippen LogP contribution in [0.4, 0.5) is 0 Å². The fourth-order valence-corrected chi connectivity index (χ4v) is 1.41. The zero-order chi connectivity index (χ0) is 13.5. The Hall–Kier alpha value is -2.24. The van der Waals surface area contributed by atoms with Crippen molar-refractivity contribution in [3.63, 3.8) is 0 Å². The highest BCUT2D eigenvalue weighted by Gasteiger charge is 2.10. The lowest BCUT2D eigenvalue weighted by atomic mass is 10.1. The number of hydrogen-bond acceptors (Lipinski definition) is 4. The number of methoxy groups -OCH3 is 2. The van der Waals surface area contributed by atoms with Crippen LogP contribution >= 0.6 is 0 Å². The number of amides is 1. The van der Waals surface area contributed by atoms with Gasteiger partial charge in [0.15, 0.2) is 0 Å². The Morgan fingerprint density at radius 3 is 2.56 bits per heavy atom. The van der Waals surface area contributed by atoms with Gasteiger partial charge in [0, 0.05) is 11.6 Å². The Kier molecular flexibility index (Phi) is 4.98. The average Bonchev–Trinajstić information content (AvgIpc) is 2.36. The Morgan fingerprint density at radius 1 is 1.28 bits per heavy atom. The molecule has 18 heavy (non-hydrogen) atoms. The van der Waals surface area contributed by atoms with Crippen molar-refractivity contribution in [1.82, 2.24) is 5.32 Å². The predicted molar refractivity (Wildman–Crippen MR) is 63.9 cm³/mol. The SMILES string of the molecule is COc1ccc(CC(=O)NCC(=O)O)c(OC)c1. The molecule has 1 rings (SSSR count). The number of rotatable bonds is 6. The van der Waals surface area contributed by atoms with Gasteiger partial charge in [0.25, 0.3) is 0 Å². The second kappa shape index (κ2) is 6.48. The van der Waals surface area contributed by atoms with Crippen molar-refractivity contribution < 1.29 is 24.2 Å². The molecule has 98 valence electrons. The number of carbonyl (C=O) groups excluding carboxylic acids is 1. The van der Waals surface area contributed by atoms with Crippen LogP contribution in [0.2, 0.25) is 0 Å². The van der Waals surface area contributed by atoms with Crippen LogP contribution in [0.15, 0.2) is 18.2 Å². The third kappa shape index (κ3) is 3.97. The lowest BCUT2D eigenvalue weighted by Gasteiger charge is -2.10. The minimum absolute atomic E-state index is 0.0560. The van der Waals surface area contributed by atoms with E-state index in [2.05, 4.69) is 5.32 Å². The summed E-state index contributed by atoms with van der Waals surface area (Å²) in [5.41, 5.74) is 0.668.